The smallest absolute Gasteiger partial charge is 0.277 e. The van der Waals surface area contributed by atoms with Gasteiger partial charge < -0.3 is 25.7 Å². The summed E-state index contributed by atoms with van der Waals surface area (Å²) in [6.45, 7) is -1.53. The highest BCUT2D eigenvalue weighted by molar-refractivity contribution is 14.1. The molecule has 0 spiro atoms. The molecule has 5 N–H and O–H groups in total. The largest absolute Gasteiger partial charge is 0.395 e. The van der Waals surface area contributed by atoms with Gasteiger partial charge in [0.05, 0.1) is 43.0 Å². The molecule has 0 aliphatic heterocycles. The van der Waals surface area contributed by atoms with E-state index in [1.165, 1.54) is 12.1 Å². The molecule has 2 aromatic carbocycles. The first-order chi connectivity index (χ1) is 16.3. The molecule has 184 valence electrons. The van der Waals surface area contributed by atoms with Crippen LogP contribution in [0, 0.1) is 21.0 Å². The van der Waals surface area contributed by atoms with E-state index >= 15 is 0 Å². The fraction of sp³-hybridized carbons (Fsp3) is 0.250. The number of halogens is 4. The number of rotatable bonds is 12. The third-order valence-electron chi connectivity index (χ3n) is 3.92. The number of oxime groups is 1. The molecule has 0 radical (unpaired) electrons. The van der Waals surface area contributed by atoms with Gasteiger partial charge in [-0.05, 0) is 46.9 Å². The minimum absolute atomic E-state index is 0.00179. The summed E-state index contributed by atoms with van der Waals surface area (Å²) < 4.78 is 44.4. The molecule has 2 aromatic rings. The van der Waals surface area contributed by atoms with Gasteiger partial charge in [0.1, 0.15) is 5.82 Å². The van der Waals surface area contributed by atoms with Gasteiger partial charge in [-0.1, -0.05) is 5.16 Å². The molecule has 0 aromatic heterocycles. The maximum Gasteiger partial charge on any atom is 0.277 e. The second-order valence-electron chi connectivity index (χ2n) is 6.35. The summed E-state index contributed by atoms with van der Waals surface area (Å²) in [7, 11) is 0. The van der Waals surface area contributed by atoms with Gasteiger partial charge in [0.15, 0.2) is 18.2 Å². The average molecular weight is 596 g/mol. The van der Waals surface area contributed by atoms with E-state index in [4.69, 9.17) is 19.9 Å². The van der Waals surface area contributed by atoms with Crippen molar-refractivity contribution in [1.82, 2.24) is 10.8 Å². The van der Waals surface area contributed by atoms with Crippen molar-refractivity contribution in [1.29, 1.82) is 0 Å². The zero-order valence-electron chi connectivity index (χ0n) is 17.4. The first kappa shape index (κ1) is 27.3. The van der Waals surface area contributed by atoms with Crippen LogP contribution >= 0.6 is 22.6 Å². The highest BCUT2D eigenvalue weighted by Gasteiger charge is 2.23. The van der Waals surface area contributed by atoms with Gasteiger partial charge in [-0.3, -0.25) is 14.4 Å². The summed E-state index contributed by atoms with van der Waals surface area (Å²) >= 11 is 1.87. The van der Waals surface area contributed by atoms with Crippen LogP contribution < -0.4 is 16.1 Å². The lowest BCUT2D eigenvalue weighted by molar-refractivity contribution is -0.125. The van der Waals surface area contributed by atoms with Gasteiger partial charge in [-0.25, -0.2) is 18.7 Å². The third kappa shape index (κ3) is 7.82. The summed E-state index contributed by atoms with van der Waals surface area (Å²) in [5.74, 6) is -5.36. The molecule has 0 heterocycles. The number of anilines is 2. The van der Waals surface area contributed by atoms with Crippen LogP contribution in [-0.2, 0) is 14.5 Å². The van der Waals surface area contributed by atoms with Gasteiger partial charge in [0.25, 0.3) is 11.8 Å². The molecule has 0 bridgehead atoms. The number of hydrogen-bond acceptors (Lipinski definition) is 8. The van der Waals surface area contributed by atoms with E-state index < -0.39 is 59.3 Å². The number of aliphatic hydroxyl groups is 2. The molecular formula is C20H20F3IN4O6. The van der Waals surface area contributed by atoms with Gasteiger partial charge in [-0.15, -0.1) is 0 Å². The van der Waals surface area contributed by atoms with E-state index in [9.17, 15) is 22.8 Å². The number of nitrogens with zero attached hydrogens (tertiary/aromatic N) is 1. The van der Waals surface area contributed by atoms with Crippen LogP contribution in [0.4, 0.5) is 24.5 Å². The monoisotopic (exact) mass is 596 g/mol. The number of benzene rings is 2. The van der Waals surface area contributed by atoms with Crippen molar-refractivity contribution in [2.45, 2.75) is 0 Å². The van der Waals surface area contributed by atoms with Crippen LogP contribution in [0.15, 0.2) is 29.4 Å². The van der Waals surface area contributed by atoms with E-state index in [2.05, 4.69) is 15.8 Å². The Morgan fingerprint density at radius 1 is 1.12 bits per heavy atom. The Morgan fingerprint density at radius 2 is 1.88 bits per heavy atom. The lowest BCUT2D eigenvalue weighted by Crippen LogP contribution is -2.29. The Hall–Kier alpha value is -2.95. The van der Waals surface area contributed by atoms with Gasteiger partial charge in [0.2, 0.25) is 0 Å². The van der Waals surface area contributed by atoms with E-state index in [-0.39, 0.29) is 25.4 Å². The molecule has 0 saturated carbocycles. The first-order valence-electron chi connectivity index (χ1n) is 9.58. The lowest BCUT2D eigenvalue weighted by Gasteiger charge is -2.15. The molecule has 0 saturated heterocycles. The molecule has 0 unspecified atom stereocenters. The van der Waals surface area contributed by atoms with Gasteiger partial charge >= 0.3 is 0 Å². The van der Waals surface area contributed by atoms with Crippen LogP contribution in [0.2, 0.25) is 0 Å². The fourth-order valence-electron chi connectivity index (χ4n) is 2.42. The molecule has 10 nitrogen and oxygen atoms in total. The van der Waals surface area contributed by atoms with Gasteiger partial charge in [0, 0.05) is 15.7 Å². The molecule has 2 amide bonds. The number of amides is 2. The van der Waals surface area contributed by atoms with Crippen LogP contribution in [0.1, 0.15) is 15.9 Å². The number of carbonyl (C=O) groups excluding carboxylic acids is 2. The molecule has 34 heavy (non-hydrogen) atoms. The molecule has 2 rings (SSSR count). The summed E-state index contributed by atoms with van der Waals surface area (Å²) in [4.78, 5) is 33.3. The van der Waals surface area contributed by atoms with E-state index in [0.717, 1.165) is 18.3 Å². The molecule has 0 atom stereocenters. The normalized spacial score (nSPS) is 10.9. The first-order valence-corrected chi connectivity index (χ1v) is 10.7. The highest BCUT2D eigenvalue weighted by Crippen LogP contribution is 2.30. The minimum Gasteiger partial charge on any atom is -0.395 e. The number of nitrogens with one attached hydrogen (secondary N) is 3. The van der Waals surface area contributed by atoms with Crippen LogP contribution in [-0.4, -0.2) is 61.2 Å². The van der Waals surface area contributed by atoms with Crippen molar-refractivity contribution in [2.24, 2.45) is 5.16 Å². The second-order valence-corrected chi connectivity index (χ2v) is 7.60. The van der Waals surface area contributed by atoms with Crippen LogP contribution in [0.5, 0.6) is 0 Å². The fourth-order valence-corrected chi connectivity index (χ4v) is 2.87. The number of carbonyl (C=O) groups is 2. The zero-order valence-corrected chi connectivity index (χ0v) is 19.6. The minimum atomic E-state index is -1.52. The van der Waals surface area contributed by atoms with E-state index in [1.807, 2.05) is 28.1 Å². The quantitative estimate of drug-likeness (QED) is 0.108. The summed E-state index contributed by atoms with van der Waals surface area (Å²) in [5.41, 5.74) is 0.0626. The van der Waals surface area contributed by atoms with E-state index in [0.29, 0.717) is 3.57 Å². The van der Waals surface area contributed by atoms with Crippen molar-refractivity contribution in [3.8, 4) is 0 Å². The number of hydrogen-bond donors (Lipinski definition) is 5. The predicted octanol–water partition coefficient (Wildman–Crippen LogP) is 1.56. The third-order valence-corrected chi connectivity index (χ3v) is 4.60. The maximum atomic E-state index is 14.9. The molecule has 0 fully saturated rings. The number of hydroxylamine groups is 1. The standard InChI is InChI=1S/C20H20F3IN4O6/c21-14-8-12(24)1-2-15(14)27-19-13(20(32)28-33-6-5-30)7-11(17(22)18(19)23)9-26-34-10-16(31)25-3-4-29/h1-2,7-9,27,29-30H,3-6,10H2,(H,25,31)(H,28,32)/b26-9-. The SMILES string of the molecule is O=C(CO/N=C\c1cc(C(=O)NOCCO)c(Nc2ccc(I)cc2F)c(F)c1F)NCCO. The van der Waals surface area contributed by atoms with Crippen LogP contribution in [0.3, 0.4) is 0 Å². The van der Waals surface area contributed by atoms with E-state index in [1.54, 1.807) is 0 Å². The number of aliphatic hydroxyl groups excluding tert-OH is 2. The van der Waals surface area contributed by atoms with Crippen molar-refractivity contribution >= 4 is 52.0 Å². The Kier molecular flexibility index (Phi) is 11.0. The lowest BCUT2D eigenvalue weighted by atomic mass is 10.1. The summed E-state index contributed by atoms with van der Waals surface area (Å²) in [5, 5.41) is 25.4. The predicted molar refractivity (Wildman–Crippen MR) is 123 cm³/mol. The maximum absolute atomic E-state index is 14.9. The second kappa shape index (κ2) is 13.7. The summed E-state index contributed by atoms with van der Waals surface area (Å²) in [6.07, 6.45) is 0.734. The molecule has 0 aliphatic carbocycles. The van der Waals surface area contributed by atoms with Gasteiger partial charge in [-0.2, -0.15) is 0 Å². The molecular weight excluding hydrogens is 576 g/mol. The van der Waals surface area contributed by atoms with Crippen molar-refractivity contribution in [3.63, 3.8) is 0 Å². The van der Waals surface area contributed by atoms with Crippen molar-refractivity contribution < 1.29 is 42.6 Å². The van der Waals surface area contributed by atoms with Crippen molar-refractivity contribution in [3.05, 3.63) is 56.4 Å². The van der Waals surface area contributed by atoms with Crippen LogP contribution in [0.25, 0.3) is 0 Å². The summed E-state index contributed by atoms with van der Waals surface area (Å²) in [6, 6.07) is 4.85. The Bertz CT molecular complexity index is 1060. The molecule has 14 heteroatoms. The Balaban J connectivity index is 2.35. The zero-order chi connectivity index (χ0) is 25.1. The van der Waals surface area contributed by atoms with Crippen molar-refractivity contribution in [2.75, 3.05) is 38.3 Å². The average Bonchev–Trinajstić information content (AvgIpc) is 2.81. The Morgan fingerprint density at radius 3 is 2.56 bits per heavy atom. The Labute approximate surface area is 205 Å². The molecule has 0 aliphatic rings. The topological polar surface area (TPSA) is 142 Å². The highest BCUT2D eigenvalue weighted by atomic mass is 127.